The van der Waals surface area contributed by atoms with Crippen molar-refractivity contribution in [2.24, 2.45) is 0 Å². The van der Waals surface area contributed by atoms with E-state index in [4.69, 9.17) is 14.9 Å². The molecule has 24 heavy (non-hydrogen) atoms. The summed E-state index contributed by atoms with van der Waals surface area (Å²) in [4.78, 5) is 23.0. The maximum atomic E-state index is 10.6. The number of hydrogen-bond acceptors (Lipinski definition) is 9. The molecule has 1 aliphatic heterocycles. The molecular formula is C13H17N5O6. The van der Waals surface area contributed by atoms with Crippen molar-refractivity contribution in [1.29, 1.82) is 0 Å². The smallest absolute Gasteiger partial charge is 0.334 e. The number of carbonyl (C=O) groups is 1. The number of anilines is 1. The quantitative estimate of drug-likeness (QED) is 0.411. The first-order valence-corrected chi connectivity index (χ1v) is 7.28. The Morgan fingerprint density at radius 3 is 2.92 bits per heavy atom. The Labute approximate surface area is 135 Å². The van der Waals surface area contributed by atoms with Gasteiger partial charge in [0.2, 0.25) is 0 Å². The first-order chi connectivity index (χ1) is 11.5. The number of aliphatic hydroxyl groups excluding tert-OH is 3. The van der Waals surface area contributed by atoms with E-state index in [2.05, 4.69) is 20.3 Å². The molecule has 4 atom stereocenters. The van der Waals surface area contributed by atoms with Gasteiger partial charge in [-0.05, 0) is 0 Å². The molecule has 0 aliphatic carbocycles. The molecule has 0 aromatic carbocycles. The first kappa shape index (κ1) is 16.5. The number of rotatable bonds is 6. The van der Waals surface area contributed by atoms with E-state index < -0.39 is 30.5 Å². The minimum absolute atomic E-state index is 0.237. The number of ether oxygens (including phenoxy) is 1. The number of carboxylic acid groups (broad SMARTS) is 1. The molecule has 5 N–H and O–H groups in total. The number of imidazole rings is 1. The highest BCUT2D eigenvalue weighted by Crippen LogP contribution is 2.31. The zero-order valence-corrected chi connectivity index (χ0v) is 12.5. The summed E-state index contributed by atoms with van der Waals surface area (Å²) in [7, 11) is 0. The molecule has 3 heterocycles. The lowest BCUT2D eigenvalue weighted by atomic mass is 10.2. The molecule has 0 spiro atoms. The minimum Gasteiger partial charge on any atom is -0.479 e. The number of carboxylic acids is 1. The predicted octanol–water partition coefficient (Wildman–Crippen LogP) is -1.68. The summed E-state index contributed by atoms with van der Waals surface area (Å²) in [6, 6.07) is 0. The fourth-order valence-electron chi connectivity index (χ4n) is 2.52. The van der Waals surface area contributed by atoms with Crippen LogP contribution in [0, 0.1) is 0 Å². The second kappa shape index (κ2) is 6.65. The van der Waals surface area contributed by atoms with Crippen molar-refractivity contribution in [3.63, 3.8) is 0 Å². The molecule has 0 saturated carbocycles. The second-order valence-corrected chi connectivity index (χ2v) is 5.40. The van der Waals surface area contributed by atoms with Crippen LogP contribution in [0.15, 0.2) is 12.7 Å². The van der Waals surface area contributed by atoms with Crippen molar-refractivity contribution in [3.05, 3.63) is 12.7 Å². The molecule has 1 aliphatic rings. The Morgan fingerprint density at radius 1 is 1.46 bits per heavy atom. The predicted molar refractivity (Wildman–Crippen MR) is 79.1 cm³/mol. The molecule has 0 radical (unpaired) electrons. The van der Waals surface area contributed by atoms with Gasteiger partial charge in [-0.25, -0.2) is 19.7 Å². The molecule has 0 amide bonds. The SMILES string of the molecule is O=C(O)C(O)CNc1ncnc2c1ncn2[C@H]1C[C@H](O)[C@@H](CO)O1. The molecular weight excluding hydrogens is 322 g/mol. The number of aliphatic carboxylic acids is 1. The zero-order valence-electron chi connectivity index (χ0n) is 12.5. The van der Waals surface area contributed by atoms with Gasteiger partial charge in [0.1, 0.15) is 18.7 Å². The molecule has 1 fully saturated rings. The van der Waals surface area contributed by atoms with Crippen LogP contribution < -0.4 is 5.32 Å². The topological polar surface area (TPSA) is 163 Å². The standard InChI is InChI=1S/C13H17N5O6/c19-3-8-6(20)1-9(24-8)18-5-17-10-11(15-4-16-12(10)18)14-2-7(21)13(22)23/h4-9,19-21H,1-3H2,(H,22,23)(H,14,15,16)/t6-,7?,8+,9+/m0/s1. The molecule has 1 saturated heterocycles. The third kappa shape index (κ3) is 3.01. The van der Waals surface area contributed by atoms with Crippen molar-refractivity contribution >= 4 is 23.0 Å². The zero-order chi connectivity index (χ0) is 17.3. The van der Waals surface area contributed by atoms with Gasteiger partial charge in [0.05, 0.1) is 25.6 Å². The third-order valence-electron chi connectivity index (χ3n) is 3.80. The number of aromatic nitrogens is 4. The van der Waals surface area contributed by atoms with E-state index in [0.29, 0.717) is 11.2 Å². The van der Waals surface area contributed by atoms with Crippen LogP contribution >= 0.6 is 0 Å². The van der Waals surface area contributed by atoms with Crippen molar-refractivity contribution < 1.29 is 30.0 Å². The highest BCUT2D eigenvalue weighted by molar-refractivity contribution is 5.83. The third-order valence-corrected chi connectivity index (χ3v) is 3.80. The second-order valence-electron chi connectivity index (χ2n) is 5.40. The van der Waals surface area contributed by atoms with Gasteiger partial charge in [0.25, 0.3) is 0 Å². The summed E-state index contributed by atoms with van der Waals surface area (Å²) in [5, 5.41) is 39.7. The van der Waals surface area contributed by atoms with Crippen LogP contribution in [-0.2, 0) is 9.53 Å². The Kier molecular flexibility index (Phi) is 4.57. The highest BCUT2D eigenvalue weighted by Gasteiger charge is 2.35. The Bertz CT molecular complexity index is 737. The lowest BCUT2D eigenvalue weighted by molar-refractivity contribution is -0.145. The largest absolute Gasteiger partial charge is 0.479 e. The monoisotopic (exact) mass is 339 g/mol. The molecule has 11 nitrogen and oxygen atoms in total. The van der Waals surface area contributed by atoms with Crippen molar-refractivity contribution in [1.82, 2.24) is 19.5 Å². The highest BCUT2D eigenvalue weighted by atomic mass is 16.5. The van der Waals surface area contributed by atoms with Crippen LogP contribution in [0.2, 0.25) is 0 Å². The van der Waals surface area contributed by atoms with E-state index in [1.165, 1.54) is 12.7 Å². The van der Waals surface area contributed by atoms with E-state index in [-0.39, 0.29) is 25.4 Å². The number of nitrogens with zero attached hydrogens (tertiary/aromatic N) is 4. The maximum Gasteiger partial charge on any atom is 0.334 e. The Balaban J connectivity index is 1.83. The van der Waals surface area contributed by atoms with Gasteiger partial charge in [0.15, 0.2) is 23.1 Å². The normalized spacial score (nSPS) is 25.0. The molecule has 3 rings (SSSR count). The Morgan fingerprint density at radius 2 is 2.25 bits per heavy atom. The Hall–Kier alpha value is -2.34. The molecule has 130 valence electrons. The van der Waals surface area contributed by atoms with Crippen LogP contribution in [0.1, 0.15) is 12.6 Å². The van der Waals surface area contributed by atoms with Gasteiger partial charge in [0, 0.05) is 6.42 Å². The van der Waals surface area contributed by atoms with Gasteiger partial charge < -0.3 is 30.5 Å². The summed E-state index contributed by atoms with van der Waals surface area (Å²) < 4.78 is 7.18. The van der Waals surface area contributed by atoms with E-state index in [1.54, 1.807) is 4.57 Å². The van der Waals surface area contributed by atoms with Gasteiger partial charge >= 0.3 is 5.97 Å². The van der Waals surface area contributed by atoms with E-state index in [9.17, 15) is 15.0 Å². The molecule has 2 aromatic heterocycles. The fraction of sp³-hybridized carbons (Fsp3) is 0.538. The van der Waals surface area contributed by atoms with Crippen LogP contribution in [0.3, 0.4) is 0 Å². The number of hydrogen-bond donors (Lipinski definition) is 5. The van der Waals surface area contributed by atoms with Gasteiger partial charge in [-0.15, -0.1) is 0 Å². The van der Waals surface area contributed by atoms with Crippen LogP contribution in [0.25, 0.3) is 11.2 Å². The number of fused-ring (bicyclic) bond motifs is 1. The lowest BCUT2D eigenvalue weighted by Crippen LogP contribution is -2.28. The minimum atomic E-state index is -1.57. The maximum absolute atomic E-state index is 10.6. The number of aliphatic hydroxyl groups is 3. The van der Waals surface area contributed by atoms with Crippen molar-refractivity contribution in [3.8, 4) is 0 Å². The average molecular weight is 339 g/mol. The van der Waals surface area contributed by atoms with Crippen LogP contribution in [-0.4, -0.2) is 77.4 Å². The molecule has 1 unspecified atom stereocenters. The van der Waals surface area contributed by atoms with E-state index in [0.717, 1.165) is 0 Å². The van der Waals surface area contributed by atoms with Gasteiger partial charge in [-0.1, -0.05) is 0 Å². The van der Waals surface area contributed by atoms with Gasteiger partial charge in [-0.2, -0.15) is 0 Å². The van der Waals surface area contributed by atoms with Crippen molar-refractivity contribution in [2.45, 2.75) is 31.0 Å². The summed E-state index contributed by atoms with van der Waals surface area (Å²) in [6.07, 6.45) is -0.549. The average Bonchev–Trinajstić information content (AvgIpc) is 3.15. The summed E-state index contributed by atoms with van der Waals surface area (Å²) in [5.74, 6) is -1.07. The fourth-order valence-corrected chi connectivity index (χ4v) is 2.52. The molecule has 0 bridgehead atoms. The van der Waals surface area contributed by atoms with E-state index >= 15 is 0 Å². The van der Waals surface area contributed by atoms with Crippen LogP contribution in [0.4, 0.5) is 5.82 Å². The number of nitrogens with one attached hydrogen (secondary N) is 1. The molecule has 2 aromatic rings. The lowest BCUT2D eigenvalue weighted by Gasteiger charge is -2.13. The summed E-state index contributed by atoms with van der Waals surface area (Å²) in [5.41, 5.74) is 0.800. The van der Waals surface area contributed by atoms with Crippen LogP contribution in [0.5, 0.6) is 0 Å². The van der Waals surface area contributed by atoms with Gasteiger partial charge in [-0.3, -0.25) is 4.57 Å². The van der Waals surface area contributed by atoms with Crippen molar-refractivity contribution in [2.75, 3.05) is 18.5 Å². The molecule has 11 heteroatoms. The summed E-state index contributed by atoms with van der Waals surface area (Å²) in [6.45, 7) is -0.529. The van der Waals surface area contributed by atoms with E-state index in [1.807, 2.05) is 0 Å². The summed E-state index contributed by atoms with van der Waals surface area (Å²) >= 11 is 0. The first-order valence-electron chi connectivity index (χ1n) is 7.28.